The SMILES string of the molecule is Nc1ncc(-c2ccc3ncccc3c2)nc1-c1nnc(-c2ccccc2)o1. The van der Waals surface area contributed by atoms with E-state index in [4.69, 9.17) is 10.2 Å². The summed E-state index contributed by atoms with van der Waals surface area (Å²) in [6.45, 7) is 0. The number of rotatable bonds is 3. The molecule has 134 valence electrons. The van der Waals surface area contributed by atoms with Crippen LogP contribution in [-0.2, 0) is 0 Å². The topological polar surface area (TPSA) is 104 Å². The Hall–Kier alpha value is -4.13. The smallest absolute Gasteiger partial charge is 0.270 e. The van der Waals surface area contributed by atoms with Gasteiger partial charge in [-0.25, -0.2) is 9.97 Å². The summed E-state index contributed by atoms with van der Waals surface area (Å²) < 4.78 is 5.78. The number of hydrogen-bond donors (Lipinski definition) is 1. The predicted molar refractivity (Wildman–Crippen MR) is 106 cm³/mol. The van der Waals surface area contributed by atoms with Gasteiger partial charge in [0.05, 0.1) is 17.4 Å². The van der Waals surface area contributed by atoms with E-state index in [9.17, 15) is 0 Å². The molecule has 0 fully saturated rings. The lowest BCUT2D eigenvalue weighted by molar-refractivity contribution is 0.582. The summed E-state index contributed by atoms with van der Waals surface area (Å²) >= 11 is 0. The molecule has 3 aromatic heterocycles. The molecule has 0 aliphatic heterocycles. The van der Waals surface area contributed by atoms with Crippen LogP contribution in [-0.4, -0.2) is 25.1 Å². The van der Waals surface area contributed by atoms with Crippen LogP contribution in [0.4, 0.5) is 5.82 Å². The second-order valence-corrected chi connectivity index (χ2v) is 6.18. The summed E-state index contributed by atoms with van der Waals surface area (Å²) in [5, 5.41) is 9.22. The minimum absolute atomic E-state index is 0.230. The van der Waals surface area contributed by atoms with Crippen molar-refractivity contribution in [1.82, 2.24) is 25.1 Å². The van der Waals surface area contributed by atoms with Gasteiger partial charge in [0.2, 0.25) is 5.89 Å². The van der Waals surface area contributed by atoms with E-state index in [1.165, 1.54) is 0 Å². The fourth-order valence-corrected chi connectivity index (χ4v) is 2.95. The maximum absolute atomic E-state index is 6.03. The zero-order valence-electron chi connectivity index (χ0n) is 14.6. The Labute approximate surface area is 159 Å². The highest BCUT2D eigenvalue weighted by atomic mass is 16.4. The zero-order chi connectivity index (χ0) is 18.9. The summed E-state index contributed by atoms with van der Waals surface area (Å²) in [7, 11) is 0. The molecule has 0 saturated heterocycles. The van der Waals surface area contributed by atoms with Crippen LogP contribution in [0.25, 0.3) is 45.2 Å². The summed E-state index contributed by atoms with van der Waals surface area (Å²) in [6, 6.07) is 19.3. The molecule has 0 atom stereocenters. The molecular formula is C21H14N6O. The van der Waals surface area contributed by atoms with Gasteiger partial charge in [0, 0.05) is 22.7 Å². The van der Waals surface area contributed by atoms with E-state index < -0.39 is 0 Å². The van der Waals surface area contributed by atoms with Crippen LogP contribution in [0.3, 0.4) is 0 Å². The van der Waals surface area contributed by atoms with Gasteiger partial charge in [-0.15, -0.1) is 10.2 Å². The first kappa shape index (κ1) is 16.1. The minimum Gasteiger partial charge on any atom is -0.414 e. The van der Waals surface area contributed by atoms with E-state index in [1.807, 2.05) is 60.7 Å². The number of hydrogen-bond acceptors (Lipinski definition) is 7. The summed E-state index contributed by atoms with van der Waals surface area (Å²) in [4.78, 5) is 13.2. The summed E-state index contributed by atoms with van der Waals surface area (Å²) in [5.74, 6) is 0.863. The maximum atomic E-state index is 6.03. The monoisotopic (exact) mass is 366 g/mol. The molecule has 0 aliphatic rings. The molecule has 2 aromatic carbocycles. The molecule has 3 heterocycles. The van der Waals surface area contributed by atoms with Gasteiger partial charge < -0.3 is 10.2 Å². The average Bonchev–Trinajstić information content (AvgIpc) is 3.24. The number of nitrogens with two attached hydrogens (primary N) is 1. The molecule has 2 N–H and O–H groups in total. The number of fused-ring (bicyclic) bond motifs is 1. The van der Waals surface area contributed by atoms with Crippen molar-refractivity contribution in [2.45, 2.75) is 0 Å². The second kappa shape index (κ2) is 6.55. The number of anilines is 1. The van der Waals surface area contributed by atoms with Gasteiger partial charge in [-0.05, 0) is 30.3 Å². The van der Waals surface area contributed by atoms with Crippen molar-refractivity contribution in [2.24, 2.45) is 0 Å². The average molecular weight is 366 g/mol. The molecule has 5 rings (SSSR count). The fraction of sp³-hybridized carbons (Fsp3) is 0. The third-order valence-corrected chi connectivity index (χ3v) is 4.35. The number of nitrogen functional groups attached to an aromatic ring is 1. The van der Waals surface area contributed by atoms with Gasteiger partial charge in [-0.2, -0.15) is 0 Å². The Morgan fingerprint density at radius 1 is 0.786 bits per heavy atom. The quantitative estimate of drug-likeness (QED) is 0.515. The van der Waals surface area contributed by atoms with Crippen LogP contribution in [0.2, 0.25) is 0 Å². The standard InChI is InChI=1S/C21H14N6O/c22-19-18(21-27-26-20(28-21)13-5-2-1-3-6-13)25-17(12-24-19)15-8-9-16-14(11-15)7-4-10-23-16/h1-12H,(H2,22,24). The summed E-state index contributed by atoms with van der Waals surface area (Å²) in [6.07, 6.45) is 3.40. The van der Waals surface area contributed by atoms with Gasteiger partial charge in [0.15, 0.2) is 11.5 Å². The van der Waals surface area contributed by atoms with E-state index in [1.54, 1.807) is 12.4 Å². The highest BCUT2D eigenvalue weighted by Crippen LogP contribution is 2.28. The molecule has 7 heteroatoms. The highest BCUT2D eigenvalue weighted by molar-refractivity contribution is 5.84. The largest absolute Gasteiger partial charge is 0.414 e. The predicted octanol–water partition coefficient (Wildman–Crippen LogP) is 3.99. The molecule has 7 nitrogen and oxygen atoms in total. The molecule has 0 bridgehead atoms. The Morgan fingerprint density at radius 2 is 1.64 bits per heavy atom. The Balaban J connectivity index is 1.57. The van der Waals surface area contributed by atoms with Crippen LogP contribution in [0.1, 0.15) is 0 Å². The maximum Gasteiger partial charge on any atom is 0.270 e. The minimum atomic E-state index is 0.230. The number of pyridine rings is 1. The highest BCUT2D eigenvalue weighted by Gasteiger charge is 2.16. The van der Waals surface area contributed by atoms with Crippen molar-refractivity contribution in [3.63, 3.8) is 0 Å². The first-order chi connectivity index (χ1) is 13.8. The van der Waals surface area contributed by atoms with E-state index in [0.29, 0.717) is 17.3 Å². The van der Waals surface area contributed by atoms with Crippen LogP contribution in [0.15, 0.2) is 77.5 Å². The molecular weight excluding hydrogens is 352 g/mol. The van der Waals surface area contributed by atoms with Gasteiger partial charge in [-0.1, -0.05) is 30.3 Å². The molecule has 0 amide bonds. The van der Waals surface area contributed by atoms with Gasteiger partial charge in [0.1, 0.15) is 0 Å². The lowest BCUT2D eigenvalue weighted by Crippen LogP contribution is -1.99. The molecule has 0 spiro atoms. The molecule has 5 aromatic rings. The van der Waals surface area contributed by atoms with Crippen molar-refractivity contribution < 1.29 is 4.42 Å². The molecule has 28 heavy (non-hydrogen) atoms. The second-order valence-electron chi connectivity index (χ2n) is 6.18. The van der Waals surface area contributed by atoms with E-state index in [0.717, 1.165) is 22.0 Å². The Morgan fingerprint density at radius 3 is 2.54 bits per heavy atom. The van der Waals surface area contributed by atoms with Crippen molar-refractivity contribution in [3.05, 3.63) is 73.1 Å². The number of nitrogens with zero attached hydrogens (tertiary/aromatic N) is 5. The third kappa shape index (κ3) is 2.84. The van der Waals surface area contributed by atoms with Crippen LogP contribution in [0.5, 0.6) is 0 Å². The number of benzene rings is 2. The van der Waals surface area contributed by atoms with Gasteiger partial charge >= 0.3 is 0 Å². The van der Waals surface area contributed by atoms with Gasteiger partial charge in [0.25, 0.3) is 5.89 Å². The van der Waals surface area contributed by atoms with E-state index >= 15 is 0 Å². The van der Waals surface area contributed by atoms with Gasteiger partial charge in [-0.3, -0.25) is 4.98 Å². The first-order valence-electron chi connectivity index (χ1n) is 8.65. The molecule has 0 saturated carbocycles. The Bertz CT molecular complexity index is 1280. The Kier molecular flexibility index (Phi) is 3.76. The van der Waals surface area contributed by atoms with Crippen LogP contribution in [0, 0.1) is 0 Å². The van der Waals surface area contributed by atoms with Crippen molar-refractivity contribution in [1.29, 1.82) is 0 Å². The first-order valence-corrected chi connectivity index (χ1v) is 8.65. The van der Waals surface area contributed by atoms with Crippen molar-refractivity contribution >= 4 is 16.7 Å². The normalized spacial score (nSPS) is 11.0. The lowest BCUT2D eigenvalue weighted by atomic mass is 10.1. The third-order valence-electron chi connectivity index (χ3n) is 4.35. The summed E-state index contributed by atoms with van der Waals surface area (Å²) in [5.41, 5.74) is 9.69. The van der Waals surface area contributed by atoms with Crippen molar-refractivity contribution in [3.8, 4) is 34.3 Å². The van der Waals surface area contributed by atoms with Crippen molar-refractivity contribution in [2.75, 3.05) is 5.73 Å². The molecule has 0 unspecified atom stereocenters. The molecule has 0 aliphatic carbocycles. The lowest BCUT2D eigenvalue weighted by Gasteiger charge is -2.05. The molecule has 0 radical (unpaired) electrons. The van der Waals surface area contributed by atoms with E-state index in [2.05, 4.69) is 25.1 Å². The van der Waals surface area contributed by atoms with Crippen LogP contribution >= 0.6 is 0 Å². The van der Waals surface area contributed by atoms with Crippen LogP contribution < -0.4 is 5.73 Å². The fourth-order valence-electron chi connectivity index (χ4n) is 2.95. The zero-order valence-corrected chi connectivity index (χ0v) is 14.6. The number of aromatic nitrogens is 5. The van der Waals surface area contributed by atoms with E-state index in [-0.39, 0.29) is 11.7 Å².